The molecule has 0 bridgehead atoms. The second kappa shape index (κ2) is 9.95. The number of pyridine rings is 1. The lowest BCUT2D eigenvalue weighted by molar-refractivity contribution is -0.143. The van der Waals surface area contributed by atoms with Crippen molar-refractivity contribution in [3.05, 3.63) is 82.1 Å². The van der Waals surface area contributed by atoms with Crippen molar-refractivity contribution in [1.29, 1.82) is 0 Å². The maximum absolute atomic E-state index is 13.7. The van der Waals surface area contributed by atoms with Gasteiger partial charge in [0.2, 0.25) is 5.91 Å². The second-order valence-corrected chi connectivity index (χ2v) is 7.66. The van der Waals surface area contributed by atoms with Crippen molar-refractivity contribution in [1.82, 2.24) is 10.3 Å². The minimum Gasteiger partial charge on any atom is -0.359 e. The number of likely N-dealkylation sites (N-methyl/N-ethyl adjacent to an activating group) is 1. The molecule has 0 saturated heterocycles. The Morgan fingerprint density at radius 3 is 2.26 bits per heavy atom. The van der Waals surface area contributed by atoms with E-state index in [0.29, 0.717) is 11.1 Å². The van der Waals surface area contributed by atoms with Gasteiger partial charge in [-0.3, -0.25) is 14.6 Å². The molecule has 12 heteroatoms. The standard InChI is InChI=1S/C23H16ClF6N3O2/c1-31-20(34)10-15-16(8-12(22(25,26)27)9-17(15)23(28,29)30)21(35)33-19-11-32-7-6-14(19)13-4-2-3-5-18(13)24/h2-9,11H,10H2,1H3,(H,31,34)(H,33,35). The van der Waals surface area contributed by atoms with Crippen LogP contribution < -0.4 is 10.6 Å². The highest BCUT2D eigenvalue weighted by atomic mass is 35.5. The van der Waals surface area contributed by atoms with E-state index in [1.807, 2.05) is 0 Å². The Morgan fingerprint density at radius 1 is 0.971 bits per heavy atom. The number of carbonyl (C=O) groups excluding carboxylic acids is 2. The molecular weight excluding hydrogens is 500 g/mol. The fourth-order valence-electron chi connectivity index (χ4n) is 3.33. The van der Waals surface area contributed by atoms with Crippen LogP contribution in [0.25, 0.3) is 11.1 Å². The second-order valence-electron chi connectivity index (χ2n) is 7.25. The molecule has 5 nitrogen and oxygen atoms in total. The molecule has 1 heterocycles. The molecule has 184 valence electrons. The van der Waals surface area contributed by atoms with Crippen LogP contribution in [0.5, 0.6) is 0 Å². The third-order valence-corrected chi connectivity index (χ3v) is 5.31. The SMILES string of the molecule is CNC(=O)Cc1c(C(=O)Nc2cnccc2-c2ccccc2Cl)cc(C(F)(F)F)cc1C(F)(F)F. The van der Waals surface area contributed by atoms with Crippen molar-refractivity contribution in [3.8, 4) is 11.1 Å². The van der Waals surface area contributed by atoms with E-state index in [1.54, 1.807) is 24.3 Å². The average Bonchev–Trinajstić information content (AvgIpc) is 2.78. The number of amides is 2. The van der Waals surface area contributed by atoms with E-state index in [4.69, 9.17) is 11.6 Å². The third kappa shape index (κ3) is 5.91. The van der Waals surface area contributed by atoms with Crippen molar-refractivity contribution < 1.29 is 35.9 Å². The first-order valence-corrected chi connectivity index (χ1v) is 10.2. The summed E-state index contributed by atoms with van der Waals surface area (Å²) in [6.07, 6.45) is -8.88. The quantitative estimate of drug-likeness (QED) is 0.411. The summed E-state index contributed by atoms with van der Waals surface area (Å²) in [5, 5.41) is 4.70. The highest BCUT2D eigenvalue weighted by molar-refractivity contribution is 6.33. The highest BCUT2D eigenvalue weighted by Crippen LogP contribution is 2.40. The monoisotopic (exact) mass is 515 g/mol. The Balaban J connectivity index is 2.18. The summed E-state index contributed by atoms with van der Waals surface area (Å²) in [6, 6.07) is 8.11. The average molecular weight is 516 g/mol. The Kier molecular flexibility index (Phi) is 7.39. The summed E-state index contributed by atoms with van der Waals surface area (Å²) >= 11 is 6.20. The van der Waals surface area contributed by atoms with Crippen LogP contribution in [-0.4, -0.2) is 23.8 Å². The predicted octanol–water partition coefficient (Wildman–Crippen LogP) is 5.98. The minimum absolute atomic E-state index is 0.0116. The Labute approximate surface area is 200 Å². The van der Waals surface area contributed by atoms with E-state index in [2.05, 4.69) is 15.6 Å². The van der Waals surface area contributed by atoms with Crippen LogP contribution >= 0.6 is 11.6 Å². The van der Waals surface area contributed by atoms with E-state index in [-0.39, 0.29) is 22.8 Å². The van der Waals surface area contributed by atoms with Crippen molar-refractivity contribution in [2.45, 2.75) is 18.8 Å². The zero-order valence-corrected chi connectivity index (χ0v) is 18.6. The molecule has 0 aliphatic rings. The van der Waals surface area contributed by atoms with Crippen molar-refractivity contribution >= 4 is 29.1 Å². The minimum atomic E-state index is -5.27. The molecule has 0 spiro atoms. The number of nitrogens with one attached hydrogen (secondary N) is 2. The topological polar surface area (TPSA) is 71.1 Å². The van der Waals surface area contributed by atoms with Crippen molar-refractivity contribution in [2.75, 3.05) is 12.4 Å². The van der Waals surface area contributed by atoms with Gasteiger partial charge >= 0.3 is 12.4 Å². The predicted molar refractivity (Wildman–Crippen MR) is 117 cm³/mol. The van der Waals surface area contributed by atoms with Crippen LogP contribution in [0.4, 0.5) is 32.0 Å². The number of hydrogen-bond donors (Lipinski definition) is 2. The van der Waals surface area contributed by atoms with Gasteiger partial charge < -0.3 is 10.6 Å². The van der Waals surface area contributed by atoms with Gasteiger partial charge in [0.25, 0.3) is 5.91 Å². The zero-order valence-electron chi connectivity index (χ0n) is 17.8. The first-order chi connectivity index (χ1) is 16.3. The van der Waals surface area contributed by atoms with E-state index in [0.717, 1.165) is 7.05 Å². The summed E-state index contributed by atoms with van der Waals surface area (Å²) < 4.78 is 81.4. The lowest BCUT2D eigenvalue weighted by atomic mass is 9.93. The Bertz CT molecular complexity index is 1270. The van der Waals surface area contributed by atoms with Gasteiger partial charge in [-0.2, -0.15) is 26.3 Å². The Hall–Kier alpha value is -3.60. The number of hydrogen-bond acceptors (Lipinski definition) is 3. The maximum atomic E-state index is 13.7. The molecule has 0 saturated carbocycles. The van der Waals surface area contributed by atoms with Gasteiger partial charge in [-0.1, -0.05) is 29.8 Å². The molecule has 0 radical (unpaired) electrons. The number of nitrogens with zero attached hydrogens (tertiary/aromatic N) is 1. The Morgan fingerprint density at radius 2 is 1.66 bits per heavy atom. The van der Waals surface area contributed by atoms with Crippen molar-refractivity contribution in [3.63, 3.8) is 0 Å². The van der Waals surface area contributed by atoms with E-state index >= 15 is 0 Å². The highest BCUT2D eigenvalue weighted by Gasteiger charge is 2.40. The molecule has 2 aromatic carbocycles. The molecule has 2 N–H and O–H groups in total. The molecule has 0 atom stereocenters. The molecule has 3 rings (SSSR count). The van der Waals surface area contributed by atoms with Gasteiger partial charge in [-0.25, -0.2) is 0 Å². The molecule has 0 aliphatic heterocycles. The van der Waals surface area contributed by atoms with Crippen LogP contribution in [0.2, 0.25) is 5.02 Å². The molecule has 3 aromatic rings. The number of halogens is 7. The van der Waals surface area contributed by atoms with Crippen molar-refractivity contribution in [2.24, 2.45) is 0 Å². The molecule has 1 aromatic heterocycles. The number of carbonyl (C=O) groups is 2. The number of alkyl halides is 6. The van der Waals surface area contributed by atoms with Gasteiger partial charge in [-0.15, -0.1) is 0 Å². The normalized spacial score (nSPS) is 11.8. The van der Waals surface area contributed by atoms with Crippen LogP contribution in [0.3, 0.4) is 0 Å². The smallest absolute Gasteiger partial charge is 0.359 e. The first kappa shape index (κ1) is 26.0. The summed E-state index contributed by atoms with van der Waals surface area (Å²) in [4.78, 5) is 28.9. The first-order valence-electron chi connectivity index (χ1n) is 9.85. The van der Waals surface area contributed by atoms with Gasteiger partial charge in [0.1, 0.15) is 0 Å². The molecule has 35 heavy (non-hydrogen) atoms. The van der Waals surface area contributed by atoms with E-state index in [9.17, 15) is 35.9 Å². The number of aromatic nitrogens is 1. The van der Waals surface area contributed by atoms with Crippen LogP contribution in [0, 0.1) is 0 Å². The largest absolute Gasteiger partial charge is 0.416 e. The van der Waals surface area contributed by atoms with Crippen LogP contribution in [-0.2, 0) is 23.6 Å². The van der Waals surface area contributed by atoms with E-state index < -0.39 is 52.8 Å². The number of anilines is 1. The summed E-state index contributed by atoms with van der Waals surface area (Å²) in [6.45, 7) is 0. The maximum Gasteiger partial charge on any atom is 0.416 e. The summed E-state index contributed by atoms with van der Waals surface area (Å²) in [5.41, 5.74) is -4.52. The van der Waals surface area contributed by atoms with Gasteiger partial charge in [-0.05, 0) is 29.8 Å². The lowest BCUT2D eigenvalue weighted by Crippen LogP contribution is -2.26. The van der Waals surface area contributed by atoms with E-state index in [1.165, 1.54) is 18.5 Å². The molecule has 0 fully saturated rings. The number of benzene rings is 2. The third-order valence-electron chi connectivity index (χ3n) is 4.98. The van der Waals surface area contributed by atoms with Gasteiger partial charge in [0.05, 0.1) is 29.4 Å². The fourth-order valence-corrected chi connectivity index (χ4v) is 3.57. The van der Waals surface area contributed by atoms with Crippen LogP contribution in [0.15, 0.2) is 54.9 Å². The summed E-state index contributed by atoms with van der Waals surface area (Å²) in [7, 11) is 1.14. The zero-order chi connectivity index (χ0) is 26.0. The molecule has 2 amide bonds. The molecule has 0 aliphatic carbocycles. The molecule has 0 unspecified atom stereocenters. The number of rotatable bonds is 5. The van der Waals surface area contributed by atoms with Gasteiger partial charge in [0.15, 0.2) is 0 Å². The van der Waals surface area contributed by atoms with Gasteiger partial charge in [0, 0.05) is 35.0 Å². The molecular formula is C23H16ClF6N3O2. The fraction of sp³-hybridized carbons (Fsp3) is 0.174. The summed E-state index contributed by atoms with van der Waals surface area (Å²) in [5.74, 6) is -2.22. The van der Waals surface area contributed by atoms with Crippen LogP contribution in [0.1, 0.15) is 27.0 Å². The lowest BCUT2D eigenvalue weighted by Gasteiger charge is -2.20.